The van der Waals surface area contributed by atoms with Crippen molar-refractivity contribution in [3.8, 4) is 0 Å². The van der Waals surface area contributed by atoms with E-state index < -0.39 is 0 Å². The summed E-state index contributed by atoms with van der Waals surface area (Å²) >= 11 is 0. The molecular weight excluding hydrogens is 182 g/mol. The van der Waals surface area contributed by atoms with Crippen LogP contribution in [0.4, 0.5) is 0 Å². The van der Waals surface area contributed by atoms with Gasteiger partial charge >= 0.3 is 0 Å². The van der Waals surface area contributed by atoms with Gasteiger partial charge in [0, 0.05) is 6.42 Å². The number of rotatable bonds is 3. The molecule has 1 unspecified atom stereocenters. The first kappa shape index (κ1) is 9.61. The molecule has 0 spiro atoms. The van der Waals surface area contributed by atoms with Crippen molar-refractivity contribution in [2.75, 3.05) is 19.8 Å². The molecule has 14 heavy (non-hydrogen) atoms. The number of nitrogens with one attached hydrogen (secondary N) is 1. The Labute approximate surface area is 82.8 Å². The van der Waals surface area contributed by atoms with E-state index in [0.29, 0.717) is 25.6 Å². The van der Waals surface area contributed by atoms with Gasteiger partial charge in [0.25, 0.3) is 0 Å². The third-order valence-electron chi connectivity index (χ3n) is 2.14. The molecule has 2 heterocycles. The molecule has 1 fully saturated rings. The Bertz CT molecular complexity index is 281. The van der Waals surface area contributed by atoms with Gasteiger partial charge in [0.05, 0.1) is 19.8 Å². The molecule has 2 rings (SSSR count). The lowest BCUT2D eigenvalue weighted by atomic mass is 10.3. The summed E-state index contributed by atoms with van der Waals surface area (Å²) in [5, 5.41) is 7.02. The van der Waals surface area contributed by atoms with E-state index in [1.54, 1.807) is 0 Å². The van der Waals surface area contributed by atoms with Crippen LogP contribution in [0.25, 0.3) is 0 Å². The monoisotopic (exact) mass is 197 g/mol. The van der Waals surface area contributed by atoms with Crippen LogP contribution < -0.4 is 0 Å². The fraction of sp³-hybridized carbons (Fsp3) is 0.778. The number of aryl methyl sites for hydroxylation is 1. The van der Waals surface area contributed by atoms with Crippen molar-refractivity contribution in [1.82, 2.24) is 15.2 Å². The molecule has 0 radical (unpaired) electrons. The van der Waals surface area contributed by atoms with E-state index >= 15 is 0 Å². The Balaban J connectivity index is 2.00. The number of aromatic amines is 1. The van der Waals surface area contributed by atoms with Crippen molar-refractivity contribution in [2.24, 2.45) is 0 Å². The molecule has 1 atom stereocenters. The molecule has 78 valence electrons. The van der Waals surface area contributed by atoms with Crippen LogP contribution in [-0.4, -0.2) is 35.0 Å². The van der Waals surface area contributed by atoms with Gasteiger partial charge in [-0.3, -0.25) is 5.10 Å². The van der Waals surface area contributed by atoms with Gasteiger partial charge in [0.1, 0.15) is 11.9 Å². The van der Waals surface area contributed by atoms with Crippen LogP contribution >= 0.6 is 0 Å². The lowest BCUT2D eigenvalue weighted by molar-refractivity contribution is -0.0934. The van der Waals surface area contributed by atoms with Crippen molar-refractivity contribution in [1.29, 1.82) is 0 Å². The molecule has 0 aromatic carbocycles. The number of hydrogen-bond acceptors (Lipinski definition) is 4. The Morgan fingerprint density at radius 3 is 3.14 bits per heavy atom. The highest BCUT2D eigenvalue weighted by Gasteiger charge is 2.20. The molecule has 0 amide bonds. The molecular formula is C9H15N3O2. The van der Waals surface area contributed by atoms with Gasteiger partial charge in [-0.25, -0.2) is 4.98 Å². The van der Waals surface area contributed by atoms with Gasteiger partial charge in [0.15, 0.2) is 5.82 Å². The SMILES string of the molecule is CCCc1nc(C2COCCO2)n[nH]1. The molecule has 1 aliphatic rings. The topological polar surface area (TPSA) is 60.0 Å². The zero-order valence-corrected chi connectivity index (χ0v) is 8.32. The van der Waals surface area contributed by atoms with Gasteiger partial charge in [-0.15, -0.1) is 0 Å². The average Bonchev–Trinajstić information content (AvgIpc) is 2.68. The first-order valence-electron chi connectivity index (χ1n) is 5.00. The molecule has 0 bridgehead atoms. The summed E-state index contributed by atoms with van der Waals surface area (Å²) in [6.07, 6.45) is 1.91. The van der Waals surface area contributed by atoms with Crippen LogP contribution in [0, 0.1) is 0 Å². The second-order valence-corrected chi connectivity index (χ2v) is 3.32. The predicted molar refractivity (Wildman–Crippen MR) is 49.9 cm³/mol. The standard InChI is InChI=1S/C9H15N3O2/c1-2-3-8-10-9(12-11-8)7-6-13-4-5-14-7/h7H,2-6H2,1H3,(H,10,11,12). The molecule has 5 heteroatoms. The van der Waals surface area contributed by atoms with Crippen LogP contribution in [0.5, 0.6) is 0 Å². The highest BCUT2D eigenvalue weighted by atomic mass is 16.6. The van der Waals surface area contributed by atoms with Gasteiger partial charge in [-0.2, -0.15) is 5.10 Å². The fourth-order valence-corrected chi connectivity index (χ4v) is 1.44. The van der Waals surface area contributed by atoms with Crippen LogP contribution in [0.15, 0.2) is 0 Å². The summed E-state index contributed by atoms with van der Waals surface area (Å²) in [5.41, 5.74) is 0. The highest BCUT2D eigenvalue weighted by Crippen LogP contribution is 2.16. The van der Waals surface area contributed by atoms with E-state index in [4.69, 9.17) is 9.47 Å². The third-order valence-corrected chi connectivity index (χ3v) is 2.14. The molecule has 1 aliphatic heterocycles. The first-order valence-corrected chi connectivity index (χ1v) is 5.00. The summed E-state index contributed by atoms with van der Waals surface area (Å²) in [4.78, 5) is 4.35. The second-order valence-electron chi connectivity index (χ2n) is 3.32. The summed E-state index contributed by atoms with van der Waals surface area (Å²) < 4.78 is 10.8. The number of nitrogens with zero attached hydrogens (tertiary/aromatic N) is 2. The zero-order valence-electron chi connectivity index (χ0n) is 8.32. The smallest absolute Gasteiger partial charge is 0.181 e. The highest BCUT2D eigenvalue weighted by molar-refractivity contribution is 4.95. The lowest BCUT2D eigenvalue weighted by Crippen LogP contribution is -2.22. The van der Waals surface area contributed by atoms with Crippen molar-refractivity contribution < 1.29 is 9.47 Å². The van der Waals surface area contributed by atoms with Crippen LogP contribution in [0.3, 0.4) is 0 Å². The minimum atomic E-state index is -0.0920. The number of aromatic nitrogens is 3. The zero-order chi connectivity index (χ0) is 9.80. The van der Waals surface area contributed by atoms with Crippen molar-refractivity contribution in [3.05, 3.63) is 11.6 Å². The third kappa shape index (κ3) is 2.10. The Hall–Kier alpha value is -0.940. The quantitative estimate of drug-likeness (QED) is 0.780. The molecule has 0 aliphatic carbocycles. The van der Waals surface area contributed by atoms with E-state index in [-0.39, 0.29) is 6.10 Å². The molecule has 1 N–H and O–H groups in total. The van der Waals surface area contributed by atoms with Crippen LogP contribution in [0.1, 0.15) is 31.1 Å². The fourth-order valence-electron chi connectivity index (χ4n) is 1.44. The average molecular weight is 197 g/mol. The summed E-state index contributed by atoms with van der Waals surface area (Å²) in [6, 6.07) is 0. The normalized spacial score (nSPS) is 22.5. The van der Waals surface area contributed by atoms with Crippen molar-refractivity contribution in [2.45, 2.75) is 25.9 Å². The van der Waals surface area contributed by atoms with E-state index in [1.807, 2.05) is 0 Å². The number of hydrogen-bond donors (Lipinski definition) is 1. The van der Waals surface area contributed by atoms with Crippen molar-refractivity contribution >= 4 is 0 Å². The molecule has 5 nitrogen and oxygen atoms in total. The van der Waals surface area contributed by atoms with Gasteiger partial charge in [-0.05, 0) is 6.42 Å². The number of H-pyrrole nitrogens is 1. The van der Waals surface area contributed by atoms with Crippen LogP contribution in [0.2, 0.25) is 0 Å². The maximum atomic E-state index is 5.49. The second kappa shape index (κ2) is 4.52. The van der Waals surface area contributed by atoms with E-state index in [0.717, 1.165) is 18.7 Å². The Kier molecular flexibility index (Phi) is 3.10. The maximum absolute atomic E-state index is 5.49. The predicted octanol–water partition coefficient (Wildman–Crippen LogP) is 0.845. The van der Waals surface area contributed by atoms with E-state index in [1.165, 1.54) is 0 Å². The first-order chi connectivity index (χ1) is 6.90. The largest absolute Gasteiger partial charge is 0.376 e. The van der Waals surface area contributed by atoms with Gasteiger partial charge < -0.3 is 9.47 Å². The minimum Gasteiger partial charge on any atom is -0.376 e. The summed E-state index contributed by atoms with van der Waals surface area (Å²) in [5.74, 6) is 1.64. The minimum absolute atomic E-state index is 0.0920. The van der Waals surface area contributed by atoms with Gasteiger partial charge in [-0.1, -0.05) is 6.92 Å². The molecule has 1 aromatic rings. The number of ether oxygens (including phenoxy) is 2. The maximum Gasteiger partial charge on any atom is 0.181 e. The van der Waals surface area contributed by atoms with E-state index in [9.17, 15) is 0 Å². The van der Waals surface area contributed by atoms with Crippen molar-refractivity contribution in [3.63, 3.8) is 0 Å². The summed E-state index contributed by atoms with van der Waals surface area (Å²) in [7, 11) is 0. The Morgan fingerprint density at radius 2 is 2.43 bits per heavy atom. The molecule has 1 saturated heterocycles. The Morgan fingerprint density at radius 1 is 1.50 bits per heavy atom. The van der Waals surface area contributed by atoms with Crippen LogP contribution in [-0.2, 0) is 15.9 Å². The van der Waals surface area contributed by atoms with Gasteiger partial charge in [0.2, 0.25) is 0 Å². The lowest BCUT2D eigenvalue weighted by Gasteiger charge is -2.19. The molecule has 1 aromatic heterocycles. The summed E-state index contributed by atoms with van der Waals surface area (Å²) in [6.45, 7) is 3.97. The molecule has 0 saturated carbocycles. The van der Waals surface area contributed by atoms with E-state index in [2.05, 4.69) is 22.1 Å².